The quantitative estimate of drug-likeness (QED) is 0.314. The highest BCUT2D eigenvalue weighted by atomic mass is 32.2. The van der Waals surface area contributed by atoms with Crippen molar-refractivity contribution < 1.29 is 4.74 Å². The van der Waals surface area contributed by atoms with E-state index in [2.05, 4.69) is 103 Å². The highest BCUT2D eigenvalue weighted by Gasteiger charge is 2.36. The van der Waals surface area contributed by atoms with E-state index < -0.39 is 0 Å². The molecule has 0 aliphatic rings. The molecular weight excluding hydrogens is 372 g/mol. The van der Waals surface area contributed by atoms with Crippen molar-refractivity contribution in [2.24, 2.45) is 0 Å². The minimum atomic E-state index is -0.315. The van der Waals surface area contributed by atoms with E-state index in [0.29, 0.717) is 0 Å². The van der Waals surface area contributed by atoms with Gasteiger partial charge in [0, 0.05) is 11.3 Å². The van der Waals surface area contributed by atoms with Crippen LogP contribution in [0.25, 0.3) is 0 Å². The molecule has 2 heteroatoms. The molecule has 0 amide bonds. The van der Waals surface area contributed by atoms with Gasteiger partial charge in [-0.2, -0.15) is 0 Å². The van der Waals surface area contributed by atoms with E-state index in [-0.39, 0.29) is 4.75 Å². The Balaban J connectivity index is 1.88. The van der Waals surface area contributed by atoms with Crippen molar-refractivity contribution in [3.8, 4) is 5.75 Å². The van der Waals surface area contributed by atoms with Crippen molar-refractivity contribution >= 4 is 11.8 Å². The Kier molecular flexibility index (Phi) is 6.02. The van der Waals surface area contributed by atoms with E-state index in [4.69, 9.17) is 4.74 Å². The van der Waals surface area contributed by atoms with Gasteiger partial charge in [0.25, 0.3) is 0 Å². The molecule has 0 spiro atoms. The van der Waals surface area contributed by atoms with Gasteiger partial charge in [-0.15, -0.1) is 11.8 Å². The average Bonchev–Trinajstić information content (AvgIpc) is 2.82. The van der Waals surface area contributed by atoms with Crippen LogP contribution in [-0.4, -0.2) is 7.11 Å². The molecule has 0 aromatic heterocycles. The normalized spacial score (nSPS) is 11.2. The number of hydrogen-bond donors (Lipinski definition) is 0. The molecule has 29 heavy (non-hydrogen) atoms. The predicted octanol–water partition coefficient (Wildman–Crippen LogP) is 6.92. The lowest BCUT2D eigenvalue weighted by atomic mass is 9.84. The van der Waals surface area contributed by atoms with Crippen LogP contribution in [0.15, 0.2) is 115 Å². The molecule has 0 aliphatic carbocycles. The minimum Gasteiger partial charge on any atom is -0.496 e. The summed E-state index contributed by atoms with van der Waals surface area (Å²) in [6.07, 6.45) is 0. The summed E-state index contributed by atoms with van der Waals surface area (Å²) in [5.41, 5.74) is 5.03. The topological polar surface area (TPSA) is 9.23 Å². The van der Waals surface area contributed by atoms with E-state index >= 15 is 0 Å². The number of benzene rings is 4. The number of ether oxygens (including phenoxy) is 1. The summed E-state index contributed by atoms with van der Waals surface area (Å²) in [6.45, 7) is 0. The first-order chi connectivity index (χ1) is 14.3. The van der Waals surface area contributed by atoms with Crippen LogP contribution in [-0.2, 0) is 10.5 Å². The van der Waals surface area contributed by atoms with Gasteiger partial charge < -0.3 is 4.74 Å². The summed E-state index contributed by atoms with van der Waals surface area (Å²) >= 11 is 1.93. The third kappa shape index (κ3) is 3.94. The Morgan fingerprint density at radius 1 is 0.586 bits per heavy atom. The smallest absolute Gasteiger partial charge is 0.122 e. The molecule has 1 nitrogen and oxygen atoms in total. The average molecular weight is 397 g/mol. The Morgan fingerprint density at radius 2 is 1.00 bits per heavy atom. The number of thioether (sulfide) groups is 1. The van der Waals surface area contributed by atoms with Gasteiger partial charge >= 0.3 is 0 Å². The Morgan fingerprint density at radius 3 is 1.45 bits per heavy atom. The predicted molar refractivity (Wildman–Crippen MR) is 123 cm³/mol. The molecule has 0 unspecified atom stereocenters. The zero-order valence-electron chi connectivity index (χ0n) is 16.5. The molecule has 4 aromatic carbocycles. The highest BCUT2D eigenvalue weighted by molar-refractivity contribution is 7.99. The number of para-hydroxylation sites is 1. The lowest BCUT2D eigenvalue weighted by Gasteiger charge is -2.35. The molecule has 0 atom stereocenters. The summed E-state index contributed by atoms with van der Waals surface area (Å²) in [4.78, 5) is 0. The molecule has 0 aliphatic heterocycles. The molecule has 144 valence electrons. The number of rotatable bonds is 7. The summed E-state index contributed by atoms with van der Waals surface area (Å²) in [5, 5.41) is 0. The molecule has 0 saturated heterocycles. The van der Waals surface area contributed by atoms with Crippen molar-refractivity contribution in [1.82, 2.24) is 0 Å². The highest BCUT2D eigenvalue weighted by Crippen LogP contribution is 2.50. The van der Waals surface area contributed by atoms with Crippen molar-refractivity contribution in [1.29, 1.82) is 0 Å². The molecule has 0 N–H and O–H groups in total. The van der Waals surface area contributed by atoms with Crippen LogP contribution in [0.3, 0.4) is 0 Å². The fourth-order valence-corrected chi connectivity index (χ4v) is 5.30. The Bertz CT molecular complexity index is 933. The van der Waals surface area contributed by atoms with E-state index in [1.165, 1.54) is 22.3 Å². The third-order valence-corrected chi connectivity index (χ3v) is 6.77. The van der Waals surface area contributed by atoms with Gasteiger partial charge in [-0.1, -0.05) is 109 Å². The fourth-order valence-electron chi connectivity index (χ4n) is 3.78. The van der Waals surface area contributed by atoms with E-state index in [0.717, 1.165) is 11.5 Å². The fraction of sp³-hybridized carbons (Fsp3) is 0.111. The standard InChI is InChI=1S/C27H24OS/c1-28-26-20-12-11-13-22(26)21-29-27(23-14-5-2-6-15-23,24-16-7-3-8-17-24)25-18-9-4-10-19-25/h2-20H,21H2,1H3. The molecule has 0 bridgehead atoms. The van der Waals surface area contributed by atoms with Gasteiger partial charge in [-0.3, -0.25) is 0 Å². The van der Waals surface area contributed by atoms with Crippen molar-refractivity contribution in [3.05, 3.63) is 138 Å². The van der Waals surface area contributed by atoms with Gasteiger partial charge in [0.05, 0.1) is 11.9 Å². The Labute approximate surface area is 177 Å². The molecular formula is C27H24OS. The lowest BCUT2D eigenvalue weighted by molar-refractivity contribution is 0.411. The van der Waals surface area contributed by atoms with Crippen molar-refractivity contribution in [3.63, 3.8) is 0 Å². The molecule has 4 aromatic rings. The first kappa shape index (κ1) is 19.4. The maximum absolute atomic E-state index is 5.61. The summed E-state index contributed by atoms with van der Waals surface area (Å²) < 4.78 is 5.30. The van der Waals surface area contributed by atoms with Crippen LogP contribution in [0, 0.1) is 0 Å². The molecule has 0 radical (unpaired) electrons. The van der Waals surface area contributed by atoms with Crippen molar-refractivity contribution in [2.75, 3.05) is 7.11 Å². The minimum absolute atomic E-state index is 0.315. The summed E-state index contributed by atoms with van der Waals surface area (Å²) in [5.74, 6) is 1.77. The van der Waals surface area contributed by atoms with Crippen molar-refractivity contribution in [2.45, 2.75) is 10.5 Å². The summed E-state index contributed by atoms with van der Waals surface area (Å²) in [6, 6.07) is 40.7. The lowest BCUT2D eigenvalue weighted by Crippen LogP contribution is -2.25. The maximum atomic E-state index is 5.61. The van der Waals surface area contributed by atoms with Crippen LogP contribution < -0.4 is 4.74 Å². The second kappa shape index (κ2) is 9.02. The van der Waals surface area contributed by atoms with Gasteiger partial charge in [-0.25, -0.2) is 0 Å². The molecule has 0 saturated carbocycles. The summed E-state index contributed by atoms with van der Waals surface area (Å²) in [7, 11) is 1.74. The largest absolute Gasteiger partial charge is 0.496 e. The Hall–Kier alpha value is -2.97. The number of methoxy groups -OCH3 is 1. The van der Waals surface area contributed by atoms with Crippen LogP contribution in [0.2, 0.25) is 0 Å². The second-order valence-corrected chi connectivity index (χ2v) is 8.07. The van der Waals surface area contributed by atoms with E-state index in [1.807, 2.05) is 23.9 Å². The SMILES string of the molecule is COc1ccccc1CSC(c1ccccc1)(c1ccccc1)c1ccccc1. The first-order valence-corrected chi connectivity index (χ1v) is 10.8. The van der Waals surface area contributed by atoms with Gasteiger partial charge in [0.15, 0.2) is 0 Å². The van der Waals surface area contributed by atoms with Crippen LogP contribution in [0.5, 0.6) is 5.75 Å². The third-order valence-electron chi connectivity index (χ3n) is 5.18. The molecule has 0 heterocycles. The van der Waals surface area contributed by atoms with Gasteiger partial charge in [0.2, 0.25) is 0 Å². The molecule has 0 fully saturated rings. The van der Waals surface area contributed by atoms with Gasteiger partial charge in [-0.05, 0) is 22.8 Å². The zero-order valence-corrected chi connectivity index (χ0v) is 17.3. The zero-order chi connectivity index (χ0) is 19.9. The second-order valence-electron chi connectivity index (χ2n) is 6.88. The van der Waals surface area contributed by atoms with Gasteiger partial charge in [0.1, 0.15) is 5.75 Å². The first-order valence-electron chi connectivity index (χ1n) is 9.77. The van der Waals surface area contributed by atoms with Crippen LogP contribution in [0.1, 0.15) is 22.3 Å². The number of hydrogen-bond acceptors (Lipinski definition) is 2. The maximum Gasteiger partial charge on any atom is 0.122 e. The molecule has 4 rings (SSSR count). The van der Waals surface area contributed by atoms with Crippen LogP contribution >= 0.6 is 11.8 Å². The van der Waals surface area contributed by atoms with Crippen LogP contribution in [0.4, 0.5) is 0 Å². The monoisotopic (exact) mass is 396 g/mol. The van der Waals surface area contributed by atoms with E-state index in [9.17, 15) is 0 Å². The van der Waals surface area contributed by atoms with E-state index in [1.54, 1.807) is 7.11 Å².